The number of rotatable bonds is 11. The molecule has 2 N–H and O–H groups in total. The predicted molar refractivity (Wildman–Crippen MR) is 118 cm³/mol. The Bertz CT molecular complexity index is 529. The lowest BCUT2D eigenvalue weighted by molar-refractivity contribution is 0.0191. The molecule has 1 unspecified atom stereocenters. The van der Waals surface area contributed by atoms with Crippen molar-refractivity contribution in [2.24, 2.45) is 4.99 Å². The van der Waals surface area contributed by atoms with Gasteiger partial charge in [-0.2, -0.15) is 0 Å². The molecule has 0 spiro atoms. The molecule has 1 saturated heterocycles. The molecule has 0 radical (unpaired) electrons. The molecular formula is C19H35IN4O3. The maximum atomic E-state index is 5.66. The summed E-state index contributed by atoms with van der Waals surface area (Å²) in [5.74, 6) is 2.01. The van der Waals surface area contributed by atoms with Crippen molar-refractivity contribution in [1.82, 2.24) is 15.8 Å². The van der Waals surface area contributed by atoms with Crippen LogP contribution in [-0.2, 0) is 16.0 Å². The van der Waals surface area contributed by atoms with E-state index in [1.807, 2.05) is 13.0 Å². The Morgan fingerprint density at radius 3 is 2.81 bits per heavy atom. The second-order valence-electron chi connectivity index (χ2n) is 6.56. The van der Waals surface area contributed by atoms with Gasteiger partial charge in [0.05, 0.1) is 25.0 Å². The lowest BCUT2D eigenvalue weighted by atomic mass is 9.99. The zero-order valence-electron chi connectivity index (χ0n) is 16.8. The van der Waals surface area contributed by atoms with Crippen molar-refractivity contribution in [1.29, 1.82) is 0 Å². The first-order valence-corrected chi connectivity index (χ1v) is 9.93. The largest absolute Gasteiger partial charge is 0.377 e. The number of aromatic nitrogens is 1. The molecule has 0 saturated carbocycles. The van der Waals surface area contributed by atoms with Crippen LogP contribution in [0.1, 0.15) is 63.8 Å². The van der Waals surface area contributed by atoms with Crippen LogP contribution in [0, 0.1) is 0 Å². The zero-order chi connectivity index (χ0) is 18.6. The van der Waals surface area contributed by atoms with Crippen LogP contribution >= 0.6 is 24.0 Å². The Balaban J connectivity index is 0.00000364. The van der Waals surface area contributed by atoms with Crippen LogP contribution in [0.5, 0.6) is 0 Å². The maximum absolute atomic E-state index is 5.66. The highest BCUT2D eigenvalue weighted by Crippen LogP contribution is 2.22. The molecule has 1 fully saturated rings. The molecule has 1 aliphatic heterocycles. The molecule has 7 nitrogen and oxygen atoms in total. The highest BCUT2D eigenvalue weighted by atomic mass is 127. The van der Waals surface area contributed by atoms with E-state index in [2.05, 4.69) is 34.6 Å². The number of hydrogen-bond acceptors (Lipinski definition) is 5. The molecule has 2 heterocycles. The summed E-state index contributed by atoms with van der Waals surface area (Å²) < 4.78 is 16.6. The molecule has 156 valence electrons. The number of ether oxygens (including phenoxy) is 2. The molecular weight excluding hydrogens is 459 g/mol. The average Bonchev–Trinajstić information content (AvgIpc) is 3.32. The number of nitrogens with zero attached hydrogens (tertiary/aromatic N) is 2. The van der Waals surface area contributed by atoms with E-state index in [9.17, 15) is 0 Å². The normalized spacial score (nSPS) is 17.2. The van der Waals surface area contributed by atoms with Gasteiger partial charge in [0.25, 0.3) is 0 Å². The smallest absolute Gasteiger partial charge is 0.191 e. The minimum atomic E-state index is 0. The van der Waals surface area contributed by atoms with Crippen LogP contribution < -0.4 is 10.6 Å². The van der Waals surface area contributed by atoms with Crippen molar-refractivity contribution >= 4 is 29.9 Å². The van der Waals surface area contributed by atoms with Crippen LogP contribution in [0.25, 0.3) is 0 Å². The summed E-state index contributed by atoms with van der Waals surface area (Å²) in [7, 11) is 0. The molecule has 2 rings (SSSR count). The van der Waals surface area contributed by atoms with Gasteiger partial charge >= 0.3 is 0 Å². The second-order valence-corrected chi connectivity index (χ2v) is 6.56. The molecule has 27 heavy (non-hydrogen) atoms. The molecule has 1 aliphatic rings. The standard InChI is InChI=1S/C19H34N4O3.HI/c1-4-15(5-2)18-12-17(26-23-18)13-22-19(20-6-3)21-9-11-24-14-16-8-7-10-25-16;/h12,15-16H,4-11,13-14H2,1-3H3,(H2,20,21,22);1H. The first kappa shape index (κ1) is 24.2. The van der Waals surface area contributed by atoms with Gasteiger partial charge in [0, 0.05) is 31.7 Å². The monoisotopic (exact) mass is 494 g/mol. The Hall–Kier alpha value is -0.870. The van der Waals surface area contributed by atoms with Crippen LogP contribution in [0.15, 0.2) is 15.6 Å². The van der Waals surface area contributed by atoms with Gasteiger partial charge < -0.3 is 24.6 Å². The minimum absolute atomic E-state index is 0. The van der Waals surface area contributed by atoms with Gasteiger partial charge in [-0.25, -0.2) is 4.99 Å². The fourth-order valence-corrected chi connectivity index (χ4v) is 3.03. The van der Waals surface area contributed by atoms with Gasteiger partial charge in [-0.05, 0) is 32.6 Å². The molecule has 0 bridgehead atoms. The first-order chi connectivity index (χ1) is 12.8. The molecule has 1 aromatic rings. The van der Waals surface area contributed by atoms with Crippen molar-refractivity contribution in [2.45, 2.75) is 65.0 Å². The van der Waals surface area contributed by atoms with Crippen LogP contribution in [0.2, 0.25) is 0 Å². The van der Waals surface area contributed by atoms with Crippen molar-refractivity contribution in [3.05, 3.63) is 17.5 Å². The van der Waals surface area contributed by atoms with E-state index in [0.717, 1.165) is 56.2 Å². The van der Waals surface area contributed by atoms with Crippen molar-refractivity contribution < 1.29 is 14.0 Å². The van der Waals surface area contributed by atoms with E-state index >= 15 is 0 Å². The third kappa shape index (κ3) is 8.78. The van der Waals surface area contributed by atoms with Crippen molar-refractivity contribution in [3.8, 4) is 0 Å². The number of hydrogen-bond donors (Lipinski definition) is 2. The molecule has 1 aromatic heterocycles. The van der Waals surface area contributed by atoms with E-state index in [0.29, 0.717) is 32.2 Å². The van der Waals surface area contributed by atoms with Gasteiger partial charge in [-0.3, -0.25) is 0 Å². The quantitative estimate of drug-likeness (QED) is 0.212. The highest BCUT2D eigenvalue weighted by molar-refractivity contribution is 14.0. The van der Waals surface area contributed by atoms with Crippen molar-refractivity contribution in [2.75, 3.05) is 32.9 Å². The van der Waals surface area contributed by atoms with Gasteiger partial charge in [0.1, 0.15) is 6.54 Å². The second kappa shape index (κ2) is 14.2. The van der Waals surface area contributed by atoms with Crippen LogP contribution in [-0.4, -0.2) is 50.1 Å². The molecule has 0 aliphatic carbocycles. The molecule has 1 atom stereocenters. The summed E-state index contributed by atoms with van der Waals surface area (Å²) in [6.45, 7) is 10.5. The SMILES string of the molecule is CCNC(=NCc1cc(C(CC)CC)no1)NCCOCC1CCCO1.I. The first-order valence-electron chi connectivity index (χ1n) is 9.93. The maximum Gasteiger partial charge on any atom is 0.191 e. The summed E-state index contributed by atoms with van der Waals surface area (Å²) in [6, 6.07) is 2.02. The summed E-state index contributed by atoms with van der Waals surface area (Å²) in [4.78, 5) is 4.56. The van der Waals surface area contributed by atoms with Crippen LogP contribution in [0.4, 0.5) is 0 Å². The van der Waals surface area contributed by atoms with Crippen molar-refractivity contribution in [3.63, 3.8) is 0 Å². The predicted octanol–water partition coefficient (Wildman–Crippen LogP) is 3.45. The van der Waals surface area contributed by atoms with Gasteiger partial charge in [-0.15, -0.1) is 24.0 Å². The van der Waals surface area contributed by atoms with E-state index in [1.54, 1.807) is 0 Å². The summed E-state index contributed by atoms with van der Waals surface area (Å²) in [5.41, 5.74) is 1.03. The molecule has 8 heteroatoms. The summed E-state index contributed by atoms with van der Waals surface area (Å²) in [5, 5.41) is 10.7. The highest BCUT2D eigenvalue weighted by Gasteiger charge is 2.15. The lowest BCUT2D eigenvalue weighted by Crippen LogP contribution is -2.39. The number of nitrogens with one attached hydrogen (secondary N) is 2. The van der Waals surface area contributed by atoms with Gasteiger partial charge in [-0.1, -0.05) is 19.0 Å². The summed E-state index contributed by atoms with van der Waals surface area (Å²) in [6.07, 6.45) is 4.66. The fourth-order valence-electron chi connectivity index (χ4n) is 3.03. The average molecular weight is 494 g/mol. The Kier molecular flexibility index (Phi) is 12.7. The fraction of sp³-hybridized carbons (Fsp3) is 0.789. The topological polar surface area (TPSA) is 80.9 Å². The van der Waals surface area contributed by atoms with E-state index in [-0.39, 0.29) is 30.1 Å². The Morgan fingerprint density at radius 2 is 2.15 bits per heavy atom. The van der Waals surface area contributed by atoms with E-state index in [4.69, 9.17) is 14.0 Å². The Labute approximate surface area is 180 Å². The minimum Gasteiger partial charge on any atom is -0.377 e. The van der Waals surface area contributed by atoms with Gasteiger partial charge in [0.15, 0.2) is 11.7 Å². The molecule has 0 amide bonds. The summed E-state index contributed by atoms with van der Waals surface area (Å²) >= 11 is 0. The number of halogens is 1. The molecule has 0 aromatic carbocycles. The van der Waals surface area contributed by atoms with E-state index < -0.39 is 0 Å². The lowest BCUT2D eigenvalue weighted by Gasteiger charge is -2.13. The number of guanidine groups is 1. The van der Waals surface area contributed by atoms with Crippen LogP contribution in [0.3, 0.4) is 0 Å². The van der Waals surface area contributed by atoms with Gasteiger partial charge in [0.2, 0.25) is 0 Å². The zero-order valence-corrected chi connectivity index (χ0v) is 19.2. The third-order valence-corrected chi connectivity index (χ3v) is 4.58. The number of aliphatic imine (C=N–C) groups is 1. The Morgan fingerprint density at radius 1 is 1.33 bits per heavy atom. The third-order valence-electron chi connectivity index (χ3n) is 4.58. The van der Waals surface area contributed by atoms with E-state index in [1.165, 1.54) is 0 Å².